The number of hydrogen-bond acceptors (Lipinski definition) is 4. The predicted octanol–water partition coefficient (Wildman–Crippen LogP) is 1.40. The van der Waals surface area contributed by atoms with Crippen LogP contribution in [0.5, 0.6) is 5.75 Å². The molecule has 0 radical (unpaired) electrons. The molecule has 0 aromatic heterocycles. The van der Waals surface area contributed by atoms with Crippen LogP contribution in [0.1, 0.15) is 18.9 Å². The summed E-state index contributed by atoms with van der Waals surface area (Å²) < 4.78 is 5.17. The molecule has 1 amide bonds. The quantitative estimate of drug-likeness (QED) is 0.829. The molecule has 1 aromatic carbocycles. The third kappa shape index (κ3) is 5.48. The second-order valence-corrected chi connectivity index (χ2v) is 5.77. The first-order valence-electron chi connectivity index (χ1n) is 7.46. The molecule has 2 unspecified atom stereocenters. The van der Waals surface area contributed by atoms with E-state index >= 15 is 0 Å². The van der Waals surface area contributed by atoms with Crippen molar-refractivity contribution >= 4 is 18.3 Å². The predicted molar refractivity (Wildman–Crippen MR) is 90.3 cm³/mol. The summed E-state index contributed by atoms with van der Waals surface area (Å²) in [5.74, 6) is 1.38. The number of hydrogen-bond donors (Lipinski definition) is 2. The van der Waals surface area contributed by atoms with Crippen LogP contribution in [0.15, 0.2) is 24.3 Å². The Morgan fingerprint density at radius 1 is 1.55 bits per heavy atom. The molecule has 1 aromatic rings. The fourth-order valence-corrected chi connectivity index (χ4v) is 2.68. The molecule has 1 heterocycles. The molecule has 3 N–H and O–H groups in total. The lowest BCUT2D eigenvalue weighted by Crippen LogP contribution is -2.37. The van der Waals surface area contributed by atoms with Gasteiger partial charge in [-0.3, -0.25) is 9.69 Å². The van der Waals surface area contributed by atoms with Crippen LogP contribution in [0.3, 0.4) is 0 Å². The van der Waals surface area contributed by atoms with Gasteiger partial charge in [0.2, 0.25) is 5.91 Å². The molecule has 0 bridgehead atoms. The van der Waals surface area contributed by atoms with Crippen molar-refractivity contribution in [1.82, 2.24) is 10.2 Å². The topological polar surface area (TPSA) is 67.6 Å². The van der Waals surface area contributed by atoms with Gasteiger partial charge in [0.1, 0.15) is 5.75 Å². The highest BCUT2D eigenvalue weighted by Gasteiger charge is 2.26. The van der Waals surface area contributed by atoms with Crippen molar-refractivity contribution < 1.29 is 9.53 Å². The summed E-state index contributed by atoms with van der Waals surface area (Å²) in [6.07, 6.45) is 1.08. The Morgan fingerprint density at radius 3 is 2.95 bits per heavy atom. The standard InChI is InChI=1S/C16H25N3O2.ClH/c1-12(17)14-6-7-19(10-14)11-16(20)18-9-13-4-3-5-15(8-13)21-2;/h3-5,8,12,14H,6-7,9-11,17H2,1-2H3,(H,18,20);1H. The SMILES string of the molecule is COc1cccc(CNC(=O)CN2CCC(C(C)N)C2)c1.Cl. The molecular weight excluding hydrogens is 302 g/mol. The molecular formula is C16H26ClN3O2. The first-order valence-corrected chi connectivity index (χ1v) is 7.46. The summed E-state index contributed by atoms with van der Waals surface area (Å²) in [6, 6.07) is 7.93. The number of carbonyl (C=O) groups is 1. The highest BCUT2D eigenvalue weighted by Crippen LogP contribution is 2.18. The van der Waals surface area contributed by atoms with Crippen molar-refractivity contribution in [3.63, 3.8) is 0 Å². The first kappa shape index (κ1) is 18.7. The van der Waals surface area contributed by atoms with E-state index in [2.05, 4.69) is 10.2 Å². The molecule has 5 nitrogen and oxygen atoms in total. The average Bonchev–Trinajstić information content (AvgIpc) is 2.94. The summed E-state index contributed by atoms with van der Waals surface area (Å²) in [6.45, 7) is 4.90. The van der Waals surface area contributed by atoms with Gasteiger partial charge in [-0.2, -0.15) is 0 Å². The van der Waals surface area contributed by atoms with Gasteiger partial charge in [-0.15, -0.1) is 12.4 Å². The van der Waals surface area contributed by atoms with E-state index in [0.717, 1.165) is 30.8 Å². The van der Waals surface area contributed by atoms with Gasteiger partial charge in [0.25, 0.3) is 0 Å². The first-order chi connectivity index (χ1) is 10.1. The number of nitrogens with one attached hydrogen (secondary N) is 1. The second-order valence-electron chi connectivity index (χ2n) is 5.77. The van der Waals surface area contributed by atoms with E-state index in [1.807, 2.05) is 31.2 Å². The monoisotopic (exact) mass is 327 g/mol. The fraction of sp³-hybridized carbons (Fsp3) is 0.562. The molecule has 1 saturated heterocycles. The van der Waals surface area contributed by atoms with E-state index in [9.17, 15) is 4.79 Å². The van der Waals surface area contributed by atoms with Gasteiger partial charge in [0, 0.05) is 19.1 Å². The lowest BCUT2D eigenvalue weighted by molar-refractivity contribution is -0.122. The second kappa shape index (κ2) is 8.98. The summed E-state index contributed by atoms with van der Waals surface area (Å²) in [5.41, 5.74) is 6.95. The van der Waals surface area contributed by atoms with E-state index in [1.54, 1.807) is 7.11 Å². The number of ether oxygens (including phenoxy) is 1. The van der Waals surface area contributed by atoms with E-state index in [1.165, 1.54) is 0 Å². The molecule has 0 aliphatic carbocycles. The van der Waals surface area contributed by atoms with Crippen LogP contribution in [0.2, 0.25) is 0 Å². The number of benzene rings is 1. The zero-order valence-corrected chi connectivity index (χ0v) is 14.1. The van der Waals surface area contributed by atoms with E-state index in [4.69, 9.17) is 10.5 Å². The van der Waals surface area contributed by atoms with Crippen LogP contribution in [0.4, 0.5) is 0 Å². The minimum Gasteiger partial charge on any atom is -0.497 e. The minimum absolute atomic E-state index is 0. The van der Waals surface area contributed by atoms with Gasteiger partial charge in [-0.1, -0.05) is 12.1 Å². The molecule has 0 spiro atoms. The van der Waals surface area contributed by atoms with E-state index in [0.29, 0.717) is 19.0 Å². The van der Waals surface area contributed by atoms with Crippen LogP contribution in [-0.4, -0.2) is 43.6 Å². The molecule has 124 valence electrons. The van der Waals surface area contributed by atoms with Gasteiger partial charge in [-0.25, -0.2) is 0 Å². The Bertz CT molecular complexity index is 482. The fourth-order valence-electron chi connectivity index (χ4n) is 2.68. The van der Waals surface area contributed by atoms with Crippen LogP contribution in [-0.2, 0) is 11.3 Å². The summed E-state index contributed by atoms with van der Waals surface area (Å²) in [5, 5.41) is 2.95. The minimum atomic E-state index is 0. The smallest absolute Gasteiger partial charge is 0.234 e. The maximum Gasteiger partial charge on any atom is 0.234 e. The van der Waals surface area contributed by atoms with Crippen LogP contribution < -0.4 is 15.8 Å². The molecule has 1 aliphatic heterocycles. The zero-order valence-electron chi connectivity index (χ0n) is 13.2. The van der Waals surface area contributed by atoms with Crippen molar-refractivity contribution in [2.24, 2.45) is 11.7 Å². The number of nitrogens with two attached hydrogens (primary N) is 1. The third-order valence-corrected chi connectivity index (χ3v) is 4.04. The Hall–Kier alpha value is -1.30. The number of amides is 1. The highest BCUT2D eigenvalue weighted by atomic mass is 35.5. The summed E-state index contributed by atoms with van der Waals surface area (Å²) in [4.78, 5) is 14.2. The van der Waals surface area contributed by atoms with E-state index in [-0.39, 0.29) is 24.4 Å². The molecule has 2 rings (SSSR count). The molecule has 22 heavy (non-hydrogen) atoms. The average molecular weight is 328 g/mol. The van der Waals surface area contributed by atoms with Gasteiger partial charge in [0.15, 0.2) is 0 Å². The largest absolute Gasteiger partial charge is 0.497 e. The maximum absolute atomic E-state index is 12.0. The molecule has 1 fully saturated rings. The van der Waals surface area contributed by atoms with Crippen LogP contribution >= 0.6 is 12.4 Å². The number of halogens is 1. The highest BCUT2D eigenvalue weighted by molar-refractivity contribution is 5.85. The van der Waals surface area contributed by atoms with Gasteiger partial charge < -0.3 is 15.8 Å². The number of likely N-dealkylation sites (tertiary alicyclic amines) is 1. The lowest BCUT2D eigenvalue weighted by Gasteiger charge is -2.17. The summed E-state index contributed by atoms with van der Waals surface area (Å²) in [7, 11) is 1.64. The molecule has 6 heteroatoms. The normalized spacial score (nSPS) is 19.3. The van der Waals surface area contributed by atoms with Gasteiger partial charge in [-0.05, 0) is 43.5 Å². The Morgan fingerprint density at radius 2 is 2.32 bits per heavy atom. The molecule has 1 aliphatic rings. The number of carbonyl (C=O) groups excluding carboxylic acids is 1. The van der Waals surface area contributed by atoms with Crippen LogP contribution in [0, 0.1) is 5.92 Å². The maximum atomic E-state index is 12.0. The van der Waals surface area contributed by atoms with Crippen LogP contribution in [0.25, 0.3) is 0 Å². The third-order valence-electron chi connectivity index (χ3n) is 4.04. The summed E-state index contributed by atoms with van der Waals surface area (Å²) >= 11 is 0. The number of rotatable bonds is 6. The Balaban J connectivity index is 0.00000242. The number of methoxy groups -OCH3 is 1. The molecule has 0 saturated carbocycles. The van der Waals surface area contributed by atoms with Crippen molar-refractivity contribution in [3.05, 3.63) is 29.8 Å². The molecule has 2 atom stereocenters. The zero-order chi connectivity index (χ0) is 15.2. The Kier molecular flexibility index (Phi) is 7.65. The van der Waals surface area contributed by atoms with Crippen molar-refractivity contribution in [2.45, 2.75) is 25.9 Å². The van der Waals surface area contributed by atoms with Gasteiger partial charge in [0.05, 0.1) is 13.7 Å². The van der Waals surface area contributed by atoms with Crippen molar-refractivity contribution in [3.8, 4) is 5.75 Å². The van der Waals surface area contributed by atoms with Gasteiger partial charge >= 0.3 is 0 Å². The van der Waals surface area contributed by atoms with E-state index < -0.39 is 0 Å². The lowest BCUT2D eigenvalue weighted by atomic mass is 10.0. The van der Waals surface area contributed by atoms with Crippen molar-refractivity contribution in [1.29, 1.82) is 0 Å². The number of nitrogens with zero attached hydrogens (tertiary/aromatic N) is 1. The van der Waals surface area contributed by atoms with Crippen molar-refractivity contribution in [2.75, 3.05) is 26.7 Å². The Labute approximate surface area is 138 Å².